The van der Waals surface area contributed by atoms with E-state index in [0.717, 1.165) is 22.9 Å². The van der Waals surface area contributed by atoms with Crippen molar-refractivity contribution >= 4 is 16.1 Å². The zero-order valence-electron chi connectivity index (χ0n) is 18.3. The highest BCUT2D eigenvalue weighted by Gasteiger charge is 2.37. The Morgan fingerprint density at radius 2 is 1.91 bits per heavy atom. The first-order valence-corrected chi connectivity index (χ1v) is 12.9. The molecule has 3 unspecified atom stereocenters. The van der Waals surface area contributed by atoms with Gasteiger partial charge >= 0.3 is 6.09 Å². The molecule has 2 fully saturated rings. The number of benzene rings is 2. The summed E-state index contributed by atoms with van der Waals surface area (Å²) in [5.74, 6) is 0. The van der Waals surface area contributed by atoms with Gasteiger partial charge in [0.25, 0.3) is 0 Å². The molecule has 0 aliphatic carbocycles. The van der Waals surface area contributed by atoms with Crippen LogP contribution in [0.4, 0.5) is 4.79 Å². The number of sulfonamides is 1. The molecule has 2 aliphatic heterocycles. The molecule has 2 heterocycles. The zero-order valence-corrected chi connectivity index (χ0v) is 19.1. The van der Waals surface area contributed by atoms with E-state index in [0.29, 0.717) is 45.4 Å². The number of likely N-dealkylation sites (tertiary alicyclic amines) is 1. The fraction of sp³-hybridized carbons (Fsp3) is 0.458. The number of amides is 1. The molecule has 1 N–H and O–H groups in total. The summed E-state index contributed by atoms with van der Waals surface area (Å²) in [5, 5.41) is 0. The molecule has 32 heavy (non-hydrogen) atoms. The van der Waals surface area contributed by atoms with Gasteiger partial charge in [-0.1, -0.05) is 54.6 Å². The number of piperidine rings is 1. The van der Waals surface area contributed by atoms with Crippen LogP contribution in [0, 0.1) is 0 Å². The van der Waals surface area contributed by atoms with Crippen LogP contribution in [-0.2, 0) is 25.9 Å². The van der Waals surface area contributed by atoms with E-state index in [9.17, 15) is 13.2 Å². The van der Waals surface area contributed by atoms with Crippen molar-refractivity contribution in [3.05, 3.63) is 60.2 Å². The van der Waals surface area contributed by atoms with Crippen molar-refractivity contribution in [2.24, 2.45) is 0 Å². The van der Waals surface area contributed by atoms with Gasteiger partial charge in [-0.25, -0.2) is 17.9 Å². The molecule has 1 amide bonds. The summed E-state index contributed by atoms with van der Waals surface area (Å²) in [6, 6.07) is 17.6. The predicted octanol–water partition coefficient (Wildman–Crippen LogP) is 3.20. The Morgan fingerprint density at radius 3 is 2.62 bits per heavy atom. The first-order chi connectivity index (χ1) is 15.4. The number of ether oxygens (including phenoxy) is 2. The van der Waals surface area contributed by atoms with Crippen molar-refractivity contribution in [2.75, 3.05) is 26.0 Å². The van der Waals surface area contributed by atoms with Crippen LogP contribution in [0.3, 0.4) is 0 Å². The predicted molar refractivity (Wildman–Crippen MR) is 123 cm³/mol. The van der Waals surface area contributed by atoms with Crippen LogP contribution in [0.25, 0.3) is 11.1 Å². The van der Waals surface area contributed by atoms with Gasteiger partial charge < -0.3 is 14.4 Å². The monoisotopic (exact) mass is 458 g/mol. The number of nitrogens with one attached hydrogen (secondary N) is 1. The lowest BCUT2D eigenvalue weighted by atomic mass is 9.90. The van der Waals surface area contributed by atoms with E-state index in [-0.39, 0.29) is 18.2 Å². The average molecular weight is 459 g/mol. The fourth-order valence-electron chi connectivity index (χ4n) is 4.51. The molecule has 0 spiro atoms. The van der Waals surface area contributed by atoms with Gasteiger partial charge in [0, 0.05) is 19.0 Å². The molecule has 172 valence electrons. The molecule has 7 nitrogen and oxygen atoms in total. The van der Waals surface area contributed by atoms with Crippen molar-refractivity contribution in [3.63, 3.8) is 0 Å². The van der Waals surface area contributed by atoms with Crippen LogP contribution >= 0.6 is 0 Å². The van der Waals surface area contributed by atoms with Crippen LogP contribution in [-0.4, -0.2) is 63.6 Å². The van der Waals surface area contributed by atoms with E-state index in [4.69, 9.17) is 9.47 Å². The summed E-state index contributed by atoms with van der Waals surface area (Å²) in [4.78, 5) is 14.7. The second kappa shape index (κ2) is 10.0. The lowest BCUT2D eigenvalue weighted by Crippen LogP contribution is -2.58. The third kappa shape index (κ3) is 5.88. The number of rotatable bonds is 6. The zero-order chi connectivity index (χ0) is 22.6. The fourth-order valence-corrected chi connectivity index (χ4v) is 5.34. The Labute approximate surface area is 189 Å². The second-order valence-electron chi connectivity index (χ2n) is 8.54. The molecule has 4 rings (SSSR count). The van der Waals surface area contributed by atoms with Crippen LogP contribution in [0.15, 0.2) is 54.6 Å². The normalized spacial score (nSPS) is 23.8. The molecule has 0 bridgehead atoms. The molecule has 2 aromatic rings. The largest absolute Gasteiger partial charge is 0.444 e. The van der Waals surface area contributed by atoms with E-state index >= 15 is 0 Å². The smallest absolute Gasteiger partial charge is 0.410 e. The van der Waals surface area contributed by atoms with Gasteiger partial charge in [-0.2, -0.15) is 0 Å². The summed E-state index contributed by atoms with van der Waals surface area (Å²) in [6.45, 7) is 1.54. The number of hydrogen-bond acceptors (Lipinski definition) is 5. The van der Waals surface area contributed by atoms with Gasteiger partial charge in [0.15, 0.2) is 0 Å². The molecule has 2 saturated heterocycles. The minimum absolute atomic E-state index is 0.243. The van der Waals surface area contributed by atoms with Crippen LogP contribution in [0.2, 0.25) is 0 Å². The Morgan fingerprint density at radius 1 is 1.12 bits per heavy atom. The molecule has 2 aliphatic rings. The summed E-state index contributed by atoms with van der Waals surface area (Å²) in [5.41, 5.74) is 3.24. The SMILES string of the molecule is CS(=O)(=O)NC1CCCN(C(=O)OC2CCOC2)C1Cc1cccc(-c2ccccc2)c1. The highest BCUT2D eigenvalue weighted by atomic mass is 32.2. The Bertz CT molecular complexity index is 1020. The van der Waals surface area contributed by atoms with Crippen molar-refractivity contribution in [2.45, 2.75) is 43.9 Å². The van der Waals surface area contributed by atoms with Crippen molar-refractivity contribution in [1.29, 1.82) is 0 Å². The molecule has 0 saturated carbocycles. The van der Waals surface area contributed by atoms with Gasteiger partial charge in [-0.05, 0) is 36.0 Å². The minimum atomic E-state index is -3.42. The van der Waals surface area contributed by atoms with Crippen LogP contribution in [0.5, 0.6) is 0 Å². The van der Waals surface area contributed by atoms with E-state index in [1.54, 1.807) is 4.90 Å². The maximum Gasteiger partial charge on any atom is 0.410 e. The average Bonchev–Trinajstić information content (AvgIpc) is 3.28. The minimum Gasteiger partial charge on any atom is -0.444 e. The maximum atomic E-state index is 13.0. The first-order valence-electron chi connectivity index (χ1n) is 11.1. The van der Waals surface area contributed by atoms with Crippen molar-refractivity contribution < 1.29 is 22.7 Å². The maximum absolute atomic E-state index is 13.0. The van der Waals surface area contributed by atoms with E-state index in [1.807, 2.05) is 30.3 Å². The lowest BCUT2D eigenvalue weighted by molar-refractivity contribution is 0.0312. The summed E-state index contributed by atoms with van der Waals surface area (Å²) in [7, 11) is -3.42. The highest BCUT2D eigenvalue weighted by Crippen LogP contribution is 2.26. The second-order valence-corrected chi connectivity index (χ2v) is 10.3. The third-order valence-electron chi connectivity index (χ3n) is 6.01. The van der Waals surface area contributed by atoms with Gasteiger partial charge in [0.2, 0.25) is 10.0 Å². The van der Waals surface area contributed by atoms with E-state index in [2.05, 4.69) is 29.0 Å². The summed E-state index contributed by atoms with van der Waals surface area (Å²) in [6.07, 6.45) is 3.12. The number of nitrogens with zero attached hydrogens (tertiary/aromatic N) is 1. The first kappa shape index (κ1) is 22.8. The van der Waals surface area contributed by atoms with Crippen LogP contribution < -0.4 is 4.72 Å². The Kier molecular flexibility index (Phi) is 7.13. The highest BCUT2D eigenvalue weighted by molar-refractivity contribution is 7.88. The van der Waals surface area contributed by atoms with Crippen molar-refractivity contribution in [1.82, 2.24) is 9.62 Å². The lowest BCUT2D eigenvalue weighted by Gasteiger charge is -2.41. The molecule has 2 aromatic carbocycles. The molecule has 0 aromatic heterocycles. The third-order valence-corrected chi connectivity index (χ3v) is 6.74. The molecule has 8 heteroatoms. The van der Waals surface area contributed by atoms with Gasteiger partial charge in [-0.15, -0.1) is 0 Å². The molecular weight excluding hydrogens is 428 g/mol. The van der Waals surface area contributed by atoms with Crippen molar-refractivity contribution in [3.8, 4) is 11.1 Å². The topological polar surface area (TPSA) is 84.9 Å². The Balaban J connectivity index is 1.58. The molecule has 3 atom stereocenters. The van der Waals surface area contributed by atoms with Gasteiger partial charge in [-0.3, -0.25) is 0 Å². The molecular formula is C24H30N2O5S. The standard InChI is InChI=1S/C24H30N2O5S/c1-32(28,29)25-22-11-6-13-26(24(27)31-21-12-14-30-17-21)23(22)16-18-7-5-10-20(15-18)19-8-3-2-4-9-19/h2-5,7-10,15,21-23,25H,6,11-14,16-17H2,1H3. The van der Waals surface area contributed by atoms with Gasteiger partial charge in [0.1, 0.15) is 6.10 Å². The number of carbonyl (C=O) groups excluding carboxylic acids is 1. The van der Waals surface area contributed by atoms with E-state index < -0.39 is 16.1 Å². The van der Waals surface area contributed by atoms with Gasteiger partial charge in [0.05, 0.1) is 25.5 Å². The van der Waals surface area contributed by atoms with Crippen LogP contribution in [0.1, 0.15) is 24.8 Å². The summed E-state index contributed by atoms with van der Waals surface area (Å²) < 4.78 is 37.8. The number of carbonyl (C=O) groups is 1. The Hall–Kier alpha value is -2.42. The number of hydrogen-bond donors (Lipinski definition) is 1. The molecule has 0 radical (unpaired) electrons. The summed E-state index contributed by atoms with van der Waals surface area (Å²) >= 11 is 0. The quantitative estimate of drug-likeness (QED) is 0.719. The van der Waals surface area contributed by atoms with E-state index in [1.165, 1.54) is 0 Å².